The average Bonchev–Trinajstić information content (AvgIpc) is 3.35. The number of ether oxygens (including phenoxy) is 3. The molecule has 1 unspecified atom stereocenters. The van der Waals surface area contributed by atoms with Gasteiger partial charge in [0, 0.05) is 6.42 Å². The molecule has 4 rings (SSSR count). The van der Waals surface area contributed by atoms with Gasteiger partial charge in [0.2, 0.25) is 0 Å². The van der Waals surface area contributed by atoms with Gasteiger partial charge in [0.05, 0.1) is 0 Å². The van der Waals surface area contributed by atoms with E-state index in [1.54, 1.807) is 12.5 Å². The number of esters is 1. The van der Waals surface area contributed by atoms with Gasteiger partial charge in [-0.1, -0.05) is 76.1 Å². The van der Waals surface area contributed by atoms with E-state index in [1.807, 2.05) is 0 Å². The molecule has 4 aliphatic rings. The second-order valence-corrected chi connectivity index (χ2v) is 13.0. The fourth-order valence-electron chi connectivity index (χ4n) is 6.89. The minimum Gasteiger partial charge on any atom is -0.461 e. The van der Waals surface area contributed by atoms with E-state index in [0.717, 1.165) is 18.4 Å². The Balaban J connectivity index is 1.45. The van der Waals surface area contributed by atoms with Gasteiger partial charge in [0.15, 0.2) is 0 Å². The van der Waals surface area contributed by atoms with Gasteiger partial charge in [-0.05, 0) is 86.5 Å². The van der Waals surface area contributed by atoms with Crippen molar-refractivity contribution in [3.63, 3.8) is 0 Å². The molecule has 5 heteroatoms. The highest BCUT2D eigenvalue weighted by molar-refractivity contribution is 5.78. The van der Waals surface area contributed by atoms with Crippen LogP contribution in [0.15, 0.2) is 47.6 Å². The van der Waals surface area contributed by atoms with Crippen LogP contribution in [0.2, 0.25) is 0 Å². The summed E-state index contributed by atoms with van der Waals surface area (Å²) in [4.78, 5) is 24.1. The molecule has 0 bridgehead atoms. The summed E-state index contributed by atoms with van der Waals surface area (Å²) in [6.45, 7) is 15.4. The van der Waals surface area contributed by atoms with Crippen LogP contribution in [0, 0.1) is 34.5 Å². The average molecular weight is 525 g/mol. The summed E-state index contributed by atoms with van der Waals surface area (Å²) in [5, 5.41) is 0. The number of hydrogen-bond acceptors (Lipinski definition) is 5. The van der Waals surface area contributed by atoms with Crippen molar-refractivity contribution < 1.29 is 23.8 Å². The van der Waals surface area contributed by atoms with Crippen molar-refractivity contribution in [2.75, 3.05) is 13.2 Å². The molecule has 1 saturated heterocycles. The van der Waals surface area contributed by atoms with Gasteiger partial charge in [-0.3, -0.25) is 4.79 Å². The second-order valence-electron chi connectivity index (χ2n) is 13.0. The number of carbonyl (C=O) groups is 2. The molecule has 0 aromatic rings. The number of hydrogen-bond donors (Lipinski definition) is 0. The van der Waals surface area contributed by atoms with E-state index in [9.17, 15) is 9.59 Å². The number of carbonyl (C=O) groups excluding carboxylic acids is 2. The van der Waals surface area contributed by atoms with Crippen molar-refractivity contribution in [3.8, 4) is 0 Å². The van der Waals surface area contributed by atoms with E-state index < -0.39 is 11.6 Å². The standard InChI is InChI=1S/C33H48O5/c1-22(2)23(3)11-13-25(5)33-17-7-9-26(29(33)10-8-18-33)14-15-27-19-28(16-12-24(27)4)38-30(34)32(6)20-36-31(35)37-21-32/h11,13-15,22-23,25,28-29H,4,7-10,12,16-21H2,1-3,5-6H3/b13-11+,26-14+,27-15-/t23-,25+,28?,29-,33+/m0/s1. The van der Waals surface area contributed by atoms with Crippen LogP contribution in [0.25, 0.3) is 0 Å². The van der Waals surface area contributed by atoms with Crippen LogP contribution in [0.1, 0.15) is 92.4 Å². The molecule has 5 nitrogen and oxygen atoms in total. The monoisotopic (exact) mass is 524 g/mol. The van der Waals surface area contributed by atoms with Crippen LogP contribution in [0.4, 0.5) is 4.79 Å². The molecule has 4 fully saturated rings. The van der Waals surface area contributed by atoms with Crippen molar-refractivity contribution in [1.29, 1.82) is 0 Å². The summed E-state index contributed by atoms with van der Waals surface area (Å²) in [5.74, 6) is 2.16. The van der Waals surface area contributed by atoms with Gasteiger partial charge in [-0.15, -0.1) is 0 Å². The Morgan fingerprint density at radius 3 is 2.45 bits per heavy atom. The summed E-state index contributed by atoms with van der Waals surface area (Å²) in [6.07, 6.45) is 18.7. The fraction of sp³-hybridized carbons (Fsp3) is 0.697. The van der Waals surface area contributed by atoms with Crippen molar-refractivity contribution in [3.05, 3.63) is 47.6 Å². The topological polar surface area (TPSA) is 61.8 Å². The first-order chi connectivity index (χ1) is 18.0. The van der Waals surface area contributed by atoms with Gasteiger partial charge in [-0.2, -0.15) is 0 Å². The molecule has 210 valence electrons. The van der Waals surface area contributed by atoms with Crippen LogP contribution in [-0.2, 0) is 19.0 Å². The first kappa shape index (κ1) is 28.7. The molecule has 3 aliphatic carbocycles. The summed E-state index contributed by atoms with van der Waals surface area (Å²) < 4.78 is 15.8. The van der Waals surface area contributed by atoms with Gasteiger partial charge >= 0.3 is 12.1 Å². The number of fused-ring (bicyclic) bond motifs is 1. The number of cyclic esters (lactones) is 2. The van der Waals surface area contributed by atoms with Crippen LogP contribution >= 0.6 is 0 Å². The molecular weight excluding hydrogens is 476 g/mol. The molecule has 0 aromatic carbocycles. The lowest BCUT2D eigenvalue weighted by atomic mass is 9.60. The lowest BCUT2D eigenvalue weighted by molar-refractivity contribution is -0.172. The Bertz CT molecular complexity index is 991. The molecule has 5 atom stereocenters. The molecule has 1 heterocycles. The molecule has 38 heavy (non-hydrogen) atoms. The minimum atomic E-state index is -0.958. The van der Waals surface area contributed by atoms with Crippen LogP contribution in [-0.4, -0.2) is 31.4 Å². The summed E-state index contributed by atoms with van der Waals surface area (Å²) in [6, 6.07) is 0. The first-order valence-corrected chi connectivity index (χ1v) is 14.8. The van der Waals surface area contributed by atoms with Crippen molar-refractivity contribution >= 4 is 12.1 Å². The zero-order valence-corrected chi connectivity index (χ0v) is 24.2. The van der Waals surface area contributed by atoms with Gasteiger partial charge in [-0.25, -0.2) is 4.79 Å². The summed E-state index contributed by atoms with van der Waals surface area (Å²) in [7, 11) is 0. The van der Waals surface area contributed by atoms with Crippen LogP contribution in [0.3, 0.4) is 0 Å². The maximum atomic E-state index is 12.9. The van der Waals surface area contributed by atoms with Crippen molar-refractivity contribution in [2.24, 2.45) is 34.5 Å². The zero-order valence-electron chi connectivity index (χ0n) is 24.2. The molecule has 0 N–H and O–H groups in total. The van der Waals surface area contributed by atoms with Gasteiger partial charge < -0.3 is 14.2 Å². The molecule has 1 aliphatic heterocycles. The Labute approximate surface area is 229 Å². The Morgan fingerprint density at radius 1 is 1.03 bits per heavy atom. The van der Waals surface area contributed by atoms with Gasteiger partial charge in [0.1, 0.15) is 24.7 Å². The largest absolute Gasteiger partial charge is 0.508 e. The highest BCUT2D eigenvalue weighted by Gasteiger charge is 2.48. The lowest BCUT2D eigenvalue weighted by Crippen LogP contribution is -2.45. The quantitative estimate of drug-likeness (QED) is 0.249. The smallest absolute Gasteiger partial charge is 0.461 e. The second kappa shape index (κ2) is 11.8. The minimum absolute atomic E-state index is 0.00792. The Hall–Kier alpha value is -2.30. The van der Waals surface area contributed by atoms with Crippen LogP contribution in [0.5, 0.6) is 0 Å². The van der Waals surface area contributed by atoms with Crippen molar-refractivity contribution in [2.45, 2.75) is 98.5 Å². The lowest BCUT2D eigenvalue weighted by Gasteiger charge is -2.45. The zero-order chi connectivity index (χ0) is 27.5. The molecule has 0 radical (unpaired) electrons. The maximum absolute atomic E-state index is 12.9. The third kappa shape index (κ3) is 6.13. The van der Waals surface area contributed by atoms with E-state index >= 15 is 0 Å². The van der Waals surface area contributed by atoms with Crippen molar-refractivity contribution in [1.82, 2.24) is 0 Å². The first-order valence-electron chi connectivity index (χ1n) is 14.8. The van der Waals surface area contributed by atoms with E-state index in [-0.39, 0.29) is 25.3 Å². The van der Waals surface area contributed by atoms with E-state index in [0.29, 0.717) is 35.5 Å². The van der Waals surface area contributed by atoms with Crippen LogP contribution < -0.4 is 0 Å². The molecule has 0 aromatic heterocycles. The predicted molar refractivity (Wildman–Crippen MR) is 150 cm³/mol. The molecular formula is C33H48O5. The van der Waals surface area contributed by atoms with E-state index in [2.05, 4.69) is 58.6 Å². The normalized spacial score (nSPS) is 33.2. The predicted octanol–water partition coefficient (Wildman–Crippen LogP) is 8.12. The van der Waals surface area contributed by atoms with E-state index in [4.69, 9.17) is 14.2 Å². The summed E-state index contributed by atoms with van der Waals surface area (Å²) in [5.41, 5.74) is 3.35. The maximum Gasteiger partial charge on any atom is 0.508 e. The third-order valence-electron chi connectivity index (χ3n) is 10.00. The Kier molecular flexibility index (Phi) is 8.94. The Morgan fingerprint density at radius 2 is 1.74 bits per heavy atom. The number of rotatable bonds is 7. The SMILES string of the molecule is C=C1CCC(OC(=O)C2(C)COC(=O)OC2)C/C1=C/C=C1\CCC[C@]2([C@H](C)/C=C/[C@H](C)C(C)C)CCC[C@@H]12. The third-order valence-corrected chi connectivity index (χ3v) is 10.00. The highest BCUT2D eigenvalue weighted by atomic mass is 16.7. The van der Waals surface area contributed by atoms with E-state index in [1.165, 1.54) is 44.1 Å². The molecule has 3 saturated carbocycles. The highest BCUT2D eigenvalue weighted by Crippen LogP contribution is 2.58. The molecule has 0 spiro atoms. The molecule has 0 amide bonds. The number of allylic oxidation sites excluding steroid dienone is 6. The summed E-state index contributed by atoms with van der Waals surface area (Å²) >= 11 is 0. The van der Waals surface area contributed by atoms with Gasteiger partial charge in [0.25, 0.3) is 0 Å². The fourth-order valence-corrected chi connectivity index (χ4v) is 6.89.